The van der Waals surface area contributed by atoms with E-state index < -0.39 is 99.4 Å². The Morgan fingerprint density at radius 3 is 2.33 bits per heavy atom. The lowest BCUT2D eigenvalue weighted by Crippen LogP contribution is -2.74. The lowest BCUT2D eigenvalue weighted by molar-refractivity contribution is -0.181. The molecule has 1 aromatic carbocycles. The van der Waals surface area contributed by atoms with E-state index in [-0.39, 0.29) is 18.5 Å². The SMILES string of the molecule is CCCN(Cc1cc(O)c2c(c1C(F)(F)F)C[C@H]1C[C@H]3[C@H](N(C)C)C(=O)C(C(N)=O)C(=O)[C@@]3(O)C(=O)C1C2=O)CC1CC1. The quantitative estimate of drug-likeness (QED) is 0.373. The van der Waals surface area contributed by atoms with Crippen LogP contribution in [0.2, 0.25) is 0 Å². The average Bonchev–Trinajstić information content (AvgIpc) is 3.69. The Labute approximate surface area is 246 Å². The number of likely N-dealkylation sites (N-methyl/N-ethyl adjacent to an activating group) is 1. The summed E-state index contributed by atoms with van der Waals surface area (Å²) < 4.78 is 44.3. The van der Waals surface area contributed by atoms with Crippen LogP contribution in [0.25, 0.3) is 0 Å². The summed E-state index contributed by atoms with van der Waals surface area (Å²) in [6.07, 6.45) is -2.95. The molecule has 234 valence electrons. The molecule has 0 bridgehead atoms. The summed E-state index contributed by atoms with van der Waals surface area (Å²) in [5.74, 6) is -12.9. The van der Waals surface area contributed by atoms with E-state index in [9.17, 15) is 47.4 Å². The van der Waals surface area contributed by atoms with Gasteiger partial charge in [-0.05, 0) is 81.8 Å². The molecule has 0 aromatic heterocycles. The number of fused-ring (bicyclic) bond motifs is 3. The second kappa shape index (κ2) is 10.8. The summed E-state index contributed by atoms with van der Waals surface area (Å²) in [5.41, 5.74) is 0.0537. The van der Waals surface area contributed by atoms with Crippen molar-refractivity contribution in [2.75, 3.05) is 27.2 Å². The predicted molar refractivity (Wildman–Crippen MR) is 145 cm³/mol. The first kappa shape index (κ1) is 31.3. The number of rotatable bonds is 8. The van der Waals surface area contributed by atoms with Gasteiger partial charge in [-0.3, -0.25) is 33.8 Å². The number of hydrogen-bond acceptors (Lipinski definition) is 9. The van der Waals surface area contributed by atoms with Crippen LogP contribution >= 0.6 is 0 Å². The van der Waals surface area contributed by atoms with E-state index >= 15 is 0 Å². The van der Waals surface area contributed by atoms with Gasteiger partial charge in [0.15, 0.2) is 34.7 Å². The number of phenolic OH excluding ortho intramolecular Hbond substituents is 1. The van der Waals surface area contributed by atoms with E-state index in [1.165, 1.54) is 19.0 Å². The fourth-order valence-electron chi connectivity index (χ4n) is 7.68. The molecule has 0 spiro atoms. The number of nitrogens with two attached hydrogens (primary N) is 1. The van der Waals surface area contributed by atoms with Gasteiger partial charge in [0.1, 0.15) is 5.75 Å². The van der Waals surface area contributed by atoms with E-state index in [1.54, 1.807) is 0 Å². The maximum Gasteiger partial charge on any atom is 0.417 e. The molecular formula is C30H36F3N3O7. The topological polar surface area (TPSA) is 158 Å². The van der Waals surface area contributed by atoms with Gasteiger partial charge in [-0.15, -0.1) is 0 Å². The normalized spacial score (nSPS) is 30.9. The van der Waals surface area contributed by atoms with Gasteiger partial charge in [-0.25, -0.2) is 0 Å². The van der Waals surface area contributed by atoms with E-state index in [1.807, 2.05) is 11.8 Å². The smallest absolute Gasteiger partial charge is 0.417 e. The van der Waals surface area contributed by atoms with Crippen molar-refractivity contribution < 1.29 is 47.4 Å². The van der Waals surface area contributed by atoms with Crippen molar-refractivity contribution in [1.29, 1.82) is 0 Å². The molecule has 0 radical (unpaired) electrons. The minimum Gasteiger partial charge on any atom is -0.507 e. The number of primary amides is 1. The van der Waals surface area contributed by atoms with Crippen LogP contribution in [0.4, 0.5) is 13.2 Å². The highest BCUT2D eigenvalue weighted by molar-refractivity contribution is 6.32. The van der Waals surface area contributed by atoms with Gasteiger partial charge in [0.25, 0.3) is 0 Å². The molecule has 4 aliphatic carbocycles. The van der Waals surface area contributed by atoms with Crippen LogP contribution in [-0.4, -0.2) is 87.9 Å². The summed E-state index contributed by atoms with van der Waals surface area (Å²) in [6.45, 7) is 2.98. The molecule has 0 aliphatic heterocycles. The molecule has 3 fully saturated rings. The highest BCUT2D eigenvalue weighted by atomic mass is 19.4. The molecule has 2 unspecified atom stereocenters. The summed E-state index contributed by atoms with van der Waals surface area (Å²) >= 11 is 0. The lowest BCUT2D eigenvalue weighted by Gasteiger charge is -2.52. The van der Waals surface area contributed by atoms with Gasteiger partial charge < -0.3 is 15.9 Å². The molecule has 1 amide bonds. The van der Waals surface area contributed by atoms with Crippen LogP contribution < -0.4 is 5.73 Å². The summed E-state index contributed by atoms with van der Waals surface area (Å²) in [7, 11) is 2.87. The maximum atomic E-state index is 14.8. The number of phenols is 1. The summed E-state index contributed by atoms with van der Waals surface area (Å²) in [4.78, 5) is 69.6. The first-order valence-corrected chi connectivity index (χ1v) is 14.6. The molecule has 0 saturated heterocycles. The Kier molecular flexibility index (Phi) is 7.84. The molecule has 1 aromatic rings. The first-order valence-electron chi connectivity index (χ1n) is 14.6. The van der Waals surface area contributed by atoms with Crippen LogP contribution in [0.3, 0.4) is 0 Å². The minimum absolute atomic E-state index is 0.0934. The predicted octanol–water partition coefficient (Wildman–Crippen LogP) is 1.51. The van der Waals surface area contributed by atoms with E-state index in [0.717, 1.165) is 18.9 Å². The zero-order chi connectivity index (χ0) is 31.8. The highest BCUT2D eigenvalue weighted by Gasteiger charge is 2.69. The van der Waals surface area contributed by atoms with Gasteiger partial charge in [0, 0.05) is 19.0 Å². The maximum absolute atomic E-state index is 14.8. The van der Waals surface area contributed by atoms with Crippen molar-refractivity contribution in [3.8, 4) is 5.75 Å². The molecule has 0 heterocycles. The third-order valence-corrected chi connectivity index (χ3v) is 9.58. The molecule has 13 heteroatoms. The number of nitrogens with zero attached hydrogens (tertiary/aromatic N) is 2. The summed E-state index contributed by atoms with van der Waals surface area (Å²) in [6, 6.07) is -0.413. The molecule has 6 atom stereocenters. The fraction of sp³-hybridized carbons (Fsp3) is 0.633. The molecule has 43 heavy (non-hydrogen) atoms. The zero-order valence-electron chi connectivity index (χ0n) is 24.2. The second-order valence-corrected chi connectivity index (χ2v) is 12.7. The Hall–Kier alpha value is -3.16. The molecule has 10 nitrogen and oxygen atoms in total. The highest BCUT2D eigenvalue weighted by Crippen LogP contribution is 2.53. The molecular weight excluding hydrogens is 571 g/mol. The molecule has 3 saturated carbocycles. The van der Waals surface area contributed by atoms with Crippen LogP contribution in [0.1, 0.15) is 59.7 Å². The van der Waals surface area contributed by atoms with Crippen LogP contribution in [0.5, 0.6) is 5.75 Å². The van der Waals surface area contributed by atoms with Crippen LogP contribution in [0, 0.1) is 29.6 Å². The van der Waals surface area contributed by atoms with Crippen molar-refractivity contribution in [2.45, 2.75) is 63.4 Å². The Balaban J connectivity index is 1.62. The minimum atomic E-state index is -4.89. The number of carbonyl (C=O) groups is 5. The average molecular weight is 608 g/mol. The number of amides is 1. The van der Waals surface area contributed by atoms with E-state index in [2.05, 4.69) is 0 Å². The number of benzene rings is 1. The lowest BCUT2D eigenvalue weighted by atomic mass is 9.52. The van der Waals surface area contributed by atoms with E-state index in [4.69, 9.17) is 5.73 Å². The molecule has 4 aliphatic rings. The fourth-order valence-corrected chi connectivity index (χ4v) is 7.68. The van der Waals surface area contributed by atoms with Gasteiger partial charge in [-0.2, -0.15) is 13.2 Å². The van der Waals surface area contributed by atoms with Gasteiger partial charge in [0.2, 0.25) is 5.91 Å². The van der Waals surface area contributed by atoms with Crippen molar-refractivity contribution in [2.24, 2.45) is 35.3 Å². The van der Waals surface area contributed by atoms with Gasteiger partial charge >= 0.3 is 6.18 Å². The van der Waals surface area contributed by atoms with Crippen LogP contribution in [0.15, 0.2) is 6.07 Å². The molecule has 5 rings (SSSR count). The number of carbonyl (C=O) groups excluding carboxylic acids is 5. The van der Waals surface area contributed by atoms with Gasteiger partial charge in [-0.1, -0.05) is 6.92 Å². The number of Topliss-reactive ketones (excluding diaryl/α,β-unsaturated/α-hetero) is 4. The van der Waals surface area contributed by atoms with Gasteiger partial charge in [0.05, 0.1) is 23.1 Å². The van der Waals surface area contributed by atoms with Crippen molar-refractivity contribution >= 4 is 29.0 Å². The third kappa shape index (κ3) is 4.98. The number of halogens is 3. The zero-order valence-corrected chi connectivity index (χ0v) is 24.2. The number of ketones is 4. The Bertz CT molecular complexity index is 1410. The second-order valence-electron chi connectivity index (χ2n) is 12.7. The standard InChI is InChI=1S/C30H36F3N3O7/c1-4-7-36(11-13-5-6-13)12-15-10-18(37)20-16(22(15)30(31,32)33)8-14-9-17-23(35(2)3)25(39)21(28(34)42)27(41)29(17,43)26(40)19(14)24(20)38/h10,13-14,17,19,21,23,37,43H,4-9,11-12H2,1-3H3,(H2,34,42)/t14-,17-,19?,21?,23-,29-/m0/s1. The third-order valence-electron chi connectivity index (χ3n) is 9.58. The van der Waals surface area contributed by atoms with Crippen molar-refractivity contribution in [3.63, 3.8) is 0 Å². The Morgan fingerprint density at radius 2 is 1.79 bits per heavy atom. The van der Waals surface area contributed by atoms with Crippen molar-refractivity contribution in [3.05, 3.63) is 28.3 Å². The van der Waals surface area contributed by atoms with E-state index in [0.29, 0.717) is 25.4 Å². The number of alkyl halides is 3. The monoisotopic (exact) mass is 607 g/mol. The van der Waals surface area contributed by atoms with Crippen LogP contribution in [-0.2, 0) is 38.3 Å². The van der Waals surface area contributed by atoms with Crippen molar-refractivity contribution in [1.82, 2.24) is 9.80 Å². The Morgan fingerprint density at radius 1 is 1.14 bits per heavy atom. The number of aliphatic hydroxyl groups is 1. The summed E-state index contributed by atoms with van der Waals surface area (Å²) in [5, 5.41) is 22.6. The molecule has 4 N–H and O–H groups in total. The largest absolute Gasteiger partial charge is 0.507 e. The first-order chi connectivity index (χ1) is 20.0. The number of aromatic hydroxyl groups is 1. The number of hydrogen-bond donors (Lipinski definition) is 3.